The first-order valence-electron chi connectivity index (χ1n) is 7.85. The van der Waals surface area contributed by atoms with E-state index in [2.05, 4.69) is 5.32 Å². The van der Waals surface area contributed by atoms with Crippen molar-refractivity contribution in [3.05, 3.63) is 38.7 Å². The van der Waals surface area contributed by atoms with Gasteiger partial charge < -0.3 is 15.2 Å². The highest BCUT2D eigenvalue weighted by atomic mass is 35.5. The maximum atomic E-state index is 11.8. The first-order chi connectivity index (χ1) is 11.8. The van der Waals surface area contributed by atoms with Crippen molar-refractivity contribution in [1.29, 1.82) is 0 Å². The molecule has 0 spiro atoms. The van der Waals surface area contributed by atoms with Gasteiger partial charge in [0.1, 0.15) is 11.9 Å². The third-order valence-electron chi connectivity index (χ3n) is 4.36. The summed E-state index contributed by atoms with van der Waals surface area (Å²) in [7, 11) is 0. The number of fused-ring (bicyclic) bond motifs is 1. The van der Waals surface area contributed by atoms with E-state index in [1.54, 1.807) is 6.92 Å². The molecule has 0 bridgehead atoms. The van der Waals surface area contributed by atoms with Crippen molar-refractivity contribution >= 4 is 34.8 Å². The van der Waals surface area contributed by atoms with E-state index >= 15 is 0 Å². The standard InChI is InChI=1S/C18H18ClNO4S/c1-8-9(2)17(25-16(8)10(3)21)12-4-11-5-13(7-20-18(22)23)24-15(11)14(19)6-12/h4,6,13,20H,5,7H2,1-3H3,(H,22,23). The van der Waals surface area contributed by atoms with Gasteiger partial charge in [0.25, 0.3) is 0 Å². The molecule has 1 aliphatic rings. The van der Waals surface area contributed by atoms with Gasteiger partial charge in [-0.15, -0.1) is 11.3 Å². The average molecular weight is 380 g/mol. The van der Waals surface area contributed by atoms with Crippen molar-refractivity contribution in [3.63, 3.8) is 0 Å². The molecule has 1 unspecified atom stereocenters. The van der Waals surface area contributed by atoms with E-state index < -0.39 is 6.09 Å². The lowest BCUT2D eigenvalue weighted by molar-refractivity contribution is 0.102. The predicted octanol–water partition coefficient (Wildman–Crippen LogP) is 4.46. The Bertz CT molecular complexity index is 874. The van der Waals surface area contributed by atoms with Gasteiger partial charge in [-0.2, -0.15) is 0 Å². The number of amides is 1. The Morgan fingerprint density at radius 3 is 2.68 bits per heavy atom. The number of hydrogen-bond acceptors (Lipinski definition) is 4. The number of benzene rings is 1. The Morgan fingerprint density at radius 1 is 1.36 bits per heavy atom. The van der Waals surface area contributed by atoms with Crippen LogP contribution in [0, 0.1) is 13.8 Å². The molecule has 25 heavy (non-hydrogen) atoms. The molecule has 132 valence electrons. The van der Waals surface area contributed by atoms with Crippen LogP contribution in [0.1, 0.15) is 33.3 Å². The van der Waals surface area contributed by atoms with Crippen LogP contribution in [0.2, 0.25) is 5.02 Å². The minimum absolute atomic E-state index is 0.0623. The number of halogens is 1. The fourth-order valence-corrected chi connectivity index (χ4v) is 4.52. The summed E-state index contributed by atoms with van der Waals surface area (Å²) in [6.07, 6.45) is -0.753. The topological polar surface area (TPSA) is 75.6 Å². The van der Waals surface area contributed by atoms with E-state index in [0.717, 1.165) is 32.0 Å². The van der Waals surface area contributed by atoms with Crippen LogP contribution in [0.25, 0.3) is 10.4 Å². The minimum Gasteiger partial charge on any atom is -0.486 e. The Labute approximate surface area is 154 Å². The normalized spacial score (nSPS) is 15.6. The lowest BCUT2D eigenvalue weighted by Crippen LogP contribution is -2.33. The summed E-state index contributed by atoms with van der Waals surface area (Å²) in [6, 6.07) is 3.86. The van der Waals surface area contributed by atoms with Crippen molar-refractivity contribution in [2.24, 2.45) is 0 Å². The van der Waals surface area contributed by atoms with Crippen molar-refractivity contribution in [2.45, 2.75) is 33.3 Å². The fraction of sp³-hybridized carbons (Fsp3) is 0.333. The first-order valence-corrected chi connectivity index (χ1v) is 9.04. The summed E-state index contributed by atoms with van der Waals surface area (Å²) in [6.45, 7) is 5.75. The maximum Gasteiger partial charge on any atom is 0.404 e. The summed E-state index contributed by atoms with van der Waals surface area (Å²) in [5, 5.41) is 11.6. The summed E-state index contributed by atoms with van der Waals surface area (Å²) < 4.78 is 5.77. The van der Waals surface area contributed by atoms with Crippen molar-refractivity contribution in [2.75, 3.05) is 6.54 Å². The number of carbonyl (C=O) groups is 2. The number of carbonyl (C=O) groups excluding carboxylic acids is 1. The van der Waals surface area contributed by atoms with Gasteiger partial charge in [-0.25, -0.2) is 4.79 Å². The average Bonchev–Trinajstić information content (AvgIpc) is 3.08. The SMILES string of the molecule is CC(=O)c1sc(-c2cc(Cl)c3c(c2)CC(CNC(=O)O)O3)c(C)c1C. The number of ether oxygens (including phenoxy) is 1. The molecule has 1 aromatic heterocycles. The zero-order valence-corrected chi connectivity index (χ0v) is 15.7. The van der Waals surface area contributed by atoms with Gasteiger partial charge in [0.05, 0.1) is 16.4 Å². The van der Waals surface area contributed by atoms with Crippen LogP contribution in [0.15, 0.2) is 12.1 Å². The Balaban J connectivity index is 1.94. The highest BCUT2D eigenvalue weighted by molar-refractivity contribution is 7.17. The second kappa shape index (κ2) is 6.69. The lowest BCUT2D eigenvalue weighted by Gasteiger charge is -2.10. The predicted molar refractivity (Wildman–Crippen MR) is 98.4 cm³/mol. The van der Waals surface area contributed by atoms with Gasteiger partial charge in [-0.05, 0) is 49.6 Å². The molecule has 0 radical (unpaired) electrons. The smallest absolute Gasteiger partial charge is 0.404 e. The molecule has 7 heteroatoms. The molecule has 0 fully saturated rings. The molecule has 5 nitrogen and oxygen atoms in total. The summed E-state index contributed by atoms with van der Waals surface area (Å²) in [5.41, 5.74) is 3.99. The quantitative estimate of drug-likeness (QED) is 0.769. The maximum absolute atomic E-state index is 11.8. The van der Waals surface area contributed by atoms with E-state index in [1.165, 1.54) is 11.3 Å². The van der Waals surface area contributed by atoms with E-state index in [1.807, 2.05) is 26.0 Å². The summed E-state index contributed by atoms with van der Waals surface area (Å²) in [5.74, 6) is 0.674. The van der Waals surface area contributed by atoms with Crippen molar-refractivity contribution < 1.29 is 19.4 Å². The largest absolute Gasteiger partial charge is 0.486 e. The summed E-state index contributed by atoms with van der Waals surface area (Å²) >= 11 is 7.87. The Hall–Kier alpha value is -2.05. The molecular weight excluding hydrogens is 362 g/mol. The number of carboxylic acid groups (broad SMARTS) is 1. The first kappa shape index (κ1) is 17.8. The van der Waals surface area contributed by atoms with Crippen LogP contribution < -0.4 is 10.1 Å². The van der Waals surface area contributed by atoms with Crippen LogP contribution in [-0.2, 0) is 6.42 Å². The van der Waals surface area contributed by atoms with E-state index in [0.29, 0.717) is 17.2 Å². The lowest BCUT2D eigenvalue weighted by atomic mass is 10.0. The van der Waals surface area contributed by atoms with Gasteiger partial charge in [-0.1, -0.05) is 11.6 Å². The zero-order valence-electron chi connectivity index (χ0n) is 14.1. The monoisotopic (exact) mass is 379 g/mol. The van der Waals surface area contributed by atoms with Crippen molar-refractivity contribution in [1.82, 2.24) is 5.32 Å². The van der Waals surface area contributed by atoms with E-state index in [9.17, 15) is 9.59 Å². The number of hydrogen-bond donors (Lipinski definition) is 2. The molecule has 1 aromatic carbocycles. The third-order valence-corrected chi connectivity index (χ3v) is 6.19. The Kier molecular flexibility index (Phi) is 4.75. The van der Waals surface area contributed by atoms with Crippen LogP contribution in [0.3, 0.4) is 0 Å². The molecule has 1 aliphatic heterocycles. The van der Waals surface area contributed by atoms with E-state index in [4.69, 9.17) is 21.4 Å². The van der Waals surface area contributed by atoms with Crippen LogP contribution in [-0.4, -0.2) is 29.6 Å². The molecule has 0 saturated carbocycles. The number of rotatable bonds is 4. The highest BCUT2D eigenvalue weighted by Crippen LogP contribution is 2.43. The summed E-state index contributed by atoms with van der Waals surface area (Å²) in [4.78, 5) is 24.2. The van der Waals surface area contributed by atoms with Gasteiger partial charge in [-0.3, -0.25) is 4.79 Å². The van der Waals surface area contributed by atoms with E-state index in [-0.39, 0.29) is 18.4 Å². The molecule has 2 heterocycles. The second-order valence-electron chi connectivity index (χ2n) is 6.14. The molecular formula is C18H18ClNO4S. The van der Waals surface area contributed by atoms with Gasteiger partial charge >= 0.3 is 6.09 Å². The molecule has 2 aromatic rings. The number of ketones is 1. The third kappa shape index (κ3) is 3.37. The molecule has 2 N–H and O–H groups in total. The zero-order chi connectivity index (χ0) is 18.3. The molecule has 1 amide bonds. The number of Topliss-reactive ketones (excluding diaryl/α,β-unsaturated/α-hetero) is 1. The fourth-order valence-electron chi connectivity index (χ4n) is 3.04. The number of nitrogens with one attached hydrogen (secondary N) is 1. The second-order valence-corrected chi connectivity index (χ2v) is 7.57. The molecule has 3 rings (SSSR count). The van der Waals surface area contributed by atoms with Gasteiger partial charge in [0.15, 0.2) is 5.78 Å². The molecule has 0 aliphatic carbocycles. The van der Waals surface area contributed by atoms with Crippen molar-refractivity contribution in [3.8, 4) is 16.2 Å². The number of thiophene rings is 1. The van der Waals surface area contributed by atoms with Crippen LogP contribution >= 0.6 is 22.9 Å². The Morgan fingerprint density at radius 2 is 2.08 bits per heavy atom. The van der Waals surface area contributed by atoms with Crippen LogP contribution in [0.4, 0.5) is 4.79 Å². The van der Waals surface area contributed by atoms with Crippen LogP contribution in [0.5, 0.6) is 5.75 Å². The molecule has 1 atom stereocenters. The van der Waals surface area contributed by atoms with Gasteiger partial charge in [0.2, 0.25) is 0 Å². The molecule has 0 saturated heterocycles. The highest BCUT2D eigenvalue weighted by Gasteiger charge is 2.27. The minimum atomic E-state index is -1.08. The van der Waals surface area contributed by atoms with Gasteiger partial charge in [0, 0.05) is 16.9 Å².